The second-order valence-corrected chi connectivity index (χ2v) is 9.63. The Balaban J connectivity index is 0.00000405. The van der Waals surface area contributed by atoms with Gasteiger partial charge in [0.1, 0.15) is 23.4 Å². The molecule has 10 heteroatoms. The number of Topliss-reactive ketones (excluding diaryl/α,β-unsaturated/α-hetero) is 1. The molecule has 0 saturated carbocycles. The summed E-state index contributed by atoms with van der Waals surface area (Å²) in [7, 11) is 3.03. The quantitative estimate of drug-likeness (QED) is 0.131. The monoisotopic (exact) mass is 588 g/mol. The van der Waals surface area contributed by atoms with Crippen LogP contribution in [0.15, 0.2) is 96.6 Å². The van der Waals surface area contributed by atoms with E-state index in [0.29, 0.717) is 51.6 Å². The molecule has 0 aliphatic heterocycles. The van der Waals surface area contributed by atoms with Gasteiger partial charge in [-0.05, 0) is 65.2 Å². The third-order valence-electron chi connectivity index (χ3n) is 6.52. The number of carboxylic acid groups (broad SMARTS) is 1. The Hall–Kier alpha value is -4.02. The van der Waals surface area contributed by atoms with Crippen LogP contribution in [0.1, 0.15) is 27.0 Å². The van der Waals surface area contributed by atoms with Gasteiger partial charge in [-0.25, -0.2) is 0 Å². The first-order valence-electron chi connectivity index (χ1n) is 12.7. The number of hydrogen-bond acceptors (Lipinski definition) is 9. The number of hydrogen-bond donors (Lipinski definition) is 0. The van der Waals surface area contributed by atoms with E-state index in [1.54, 1.807) is 60.7 Å². The zero-order valence-corrected chi connectivity index (χ0v) is 26.1. The normalized spacial score (nSPS) is 11.3. The molecule has 0 aliphatic rings. The molecular weight excluding hydrogens is 563 g/mol. The van der Waals surface area contributed by atoms with Crippen molar-refractivity contribution in [1.82, 2.24) is 8.75 Å². The van der Waals surface area contributed by atoms with Crippen molar-refractivity contribution in [1.29, 1.82) is 0 Å². The van der Waals surface area contributed by atoms with Gasteiger partial charge in [-0.3, -0.25) is 4.79 Å². The number of benzene rings is 4. The minimum atomic E-state index is -1.47. The van der Waals surface area contributed by atoms with Crippen LogP contribution < -0.4 is 48.9 Å². The molecule has 8 nitrogen and oxygen atoms in total. The molecule has 5 rings (SSSR count). The third-order valence-corrected chi connectivity index (χ3v) is 7.07. The molecule has 1 aromatic heterocycles. The van der Waals surface area contributed by atoms with E-state index >= 15 is 0 Å². The molecule has 0 bridgehead atoms. The summed E-state index contributed by atoms with van der Waals surface area (Å²) < 4.78 is 25.0. The SMILES string of the molecule is COc1ccc(CC(C(=O)c2ccc(OCc3ccccc3)cc2)=C(C(=O)[O-])c2ccc3nsnc3c2)cc1OC.[Na+]. The Bertz CT molecular complexity index is 1740. The Kier molecular flexibility index (Phi) is 10.5. The van der Waals surface area contributed by atoms with Gasteiger partial charge < -0.3 is 24.1 Å². The average Bonchev–Trinajstić information content (AvgIpc) is 3.48. The standard InChI is InChI=1S/C32H26N2O6S.Na/c1-38-28-15-8-21(17-29(28)39-2)16-25(30(32(36)37)23-11-14-26-27(18-23)34-41-33-26)31(35)22-9-12-24(13-10-22)40-19-20-6-4-3-5-7-20;/h3-15,17-18H,16,19H2,1-2H3,(H,36,37);/q;+1/p-1. The Morgan fingerprint density at radius 2 is 1.45 bits per heavy atom. The maximum atomic E-state index is 14.0. The molecule has 4 aromatic carbocycles. The van der Waals surface area contributed by atoms with Gasteiger partial charge >= 0.3 is 29.6 Å². The van der Waals surface area contributed by atoms with E-state index in [9.17, 15) is 14.7 Å². The van der Waals surface area contributed by atoms with Gasteiger partial charge in [-0.2, -0.15) is 8.75 Å². The molecule has 0 saturated heterocycles. The van der Waals surface area contributed by atoms with Crippen LogP contribution in [0.4, 0.5) is 0 Å². The maximum Gasteiger partial charge on any atom is 1.00 e. The maximum absolute atomic E-state index is 14.0. The predicted molar refractivity (Wildman–Crippen MR) is 154 cm³/mol. The number of methoxy groups -OCH3 is 2. The topological polar surface area (TPSA) is 111 Å². The fraction of sp³-hybridized carbons (Fsp3) is 0.125. The molecule has 1 heterocycles. The van der Waals surface area contributed by atoms with Crippen molar-refractivity contribution in [2.75, 3.05) is 14.2 Å². The average molecular weight is 589 g/mol. The summed E-state index contributed by atoms with van der Waals surface area (Å²) >= 11 is 1.02. The Morgan fingerprint density at radius 3 is 2.14 bits per heavy atom. The molecule has 0 fully saturated rings. The Labute approximate surface area is 269 Å². The fourth-order valence-electron chi connectivity index (χ4n) is 4.45. The van der Waals surface area contributed by atoms with Crippen LogP contribution in [-0.4, -0.2) is 34.7 Å². The van der Waals surface area contributed by atoms with E-state index in [0.717, 1.165) is 17.3 Å². The van der Waals surface area contributed by atoms with E-state index in [2.05, 4.69) is 8.75 Å². The van der Waals surface area contributed by atoms with Gasteiger partial charge in [0.25, 0.3) is 0 Å². The van der Waals surface area contributed by atoms with Gasteiger partial charge in [0.2, 0.25) is 0 Å². The smallest absolute Gasteiger partial charge is 0.545 e. The van der Waals surface area contributed by atoms with Crippen molar-refractivity contribution in [3.05, 3.63) is 119 Å². The van der Waals surface area contributed by atoms with Gasteiger partial charge in [0, 0.05) is 23.1 Å². The zero-order valence-electron chi connectivity index (χ0n) is 23.3. The number of nitrogens with zero attached hydrogens (tertiary/aromatic N) is 2. The number of carbonyl (C=O) groups excluding carboxylic acids is 2. The summed E-state index contributed by atoms with van der Waals surface area (Å²) in [6.45, 7) is 0.376. The second-order valence-electron chi connectivity index (χ2n) is 9.10. The fourth-order valence-corrected chi connectivity index (χ4v) is 4.96. The molecule has 0 amide bonds. The van der Waals surface area contributed by atoms with Crippen molar-refractivity contribution < 1.29 is 58.5 Å². The van der Waals surface area contributed by atoms with Gasteiger partial charge in [0.05, 0.1) is 31.9 Å². The number of rotatable bonds is 11. The second kappa shape index (κ2) is 14.2. The Morgan fingerprint density at radius 1 is 0.762 bits per heavy atom. The third kappa shape index (κ3) is 7.06. The molecule has 0 N–H and O–H groups in total. The van der Waals surface area contributed by atoms with Crippen LogP contribution in [0.3, 0.4) is 0 Å². The molecule has 0 atom stereocenters. The number of allylic oxidation sites excluding steroid dienone is 1. The minimum absolute atomic E-state index is 0. The number of ketones is 1. The number of fused-ring (bicyclic) bond motifs is 1. The van der Waals surface area contributed by atoms with Crippen molar-refractivity contribution in [2.24, 2.45) is 0 Å². The van der Waals surface area contributed by atoms with Crippen LogP contribution in [0.5, 0.6) is 17.2 Å². The molecule has 0 aliphatic carbocycles. The van der Waals surface area contributed by atoms with Crippen molar-refractivity contribution in [3.8, 4) is 17.2 Å². The summed E-state index contributed by atoms with van der Waals surface area (Å²) in [4.78, 5) is 26.6. The van der Waals surface area contributed by atoms with E-state index in [1.165, 1.54) is 14.2 Å². The summed E-state index contributed by atoms with van der Waals surface area (Å²) in [6, 6.07) is 26.4. The molecule has 0 spiro atoms. The predicted octanol–water partition coefficient (Wildman–Crippen LogP) is 1.92. The summed E-state index contributed by atoms with van der Waals surface area (Å²) in [5, 5.41) is 12.6. The molecule has 5 aromatic rings. The van der Waals surface area contributed by atoms with Crippen LogP contribution in [0.2, 0.25) is 0 Å². The van der Waals surface area contributed by atoms with Crippen LogP contribution in [0, 0.1) is 0 Å². The number of aliphatic carboxylic acids is 1. The first-order valence-corrected chi connectivity index (χ1v) is 13.4. The first kappa shape index (κ1) is 30.9. The summed E-state index contributed by atoms with van der Waals surface area (Å²) in [5.41, 5.74) is 3.28. The summed E-state index contributed by atoms with van der Waals surface area (Å²) in [5.74, 6) is -0.371. The minimum Gasteiger partial charge on any atom is -0.545 e. The van der Waals surface area contributed by atoms with E-state index < -0.39 is 11.8 Å². The largest absolute Gasteiger partial charge is 1.00 e. The van der Waals surface area contributed by atoms with E-state index in [1.807, 2.05) is 30.3 Å². The van der Waals surface area contributed by atoms with Gasteiger partial charge in [0.15, 0.2) is 17.3 Å². The van der Waals surface area contributed by atoms with Crippen molar-refractivity contribution in [3.63, 3.8) is 0 Å². The number of ether oxygens (including phenoxy) is 3. The van der Waals surface area contributed by atoms with Crippen LogP contribution >= 0.6 is 11.7 Å². The molecule has 42 heavy (non-hydrogen) atoms. The van der Waals surface area contributed by atoms with Crippen molar-refractivity contribution >= 4 is 40.1 Å². The molecule has 0 radical (unpaired) electrons. The number of carboxylic acids is 1. The first-order chi connectivity index (χ1) is 20.0. The van der Waals surface area contributed by atoms with Crippen LogP contribution in [0.25, 0.3) is 16.6 Å². The number of aromatic nitrogens is 2. The molecule has 206 valence electrons. The molecular formula is C32H25N2NaO6S. The molecule has 0 unspecified atom stereocenters. The van der Waals surface area contributed by atoms with Gasteiger partial charge in [-0.1, -0.05) is 42.5 Å². The number of carbonyl (C=O) groups is 2. The van der Waals surface area contributed by atoms with Crippen molar-refractivity contribution in [2.45, 2.75) is 13.0 Å². The van der Waals surface area contributed by atoms with Gasteiger partial charge in [-0.15, -0.1) is 0 Å². The summed E-state index contributed by atoms with van der Waals surface area (Å²) in [6.07, 6.45) is 0.00210. The van der Waals surface area contributed by atoms with E-state index in [4.69, 9.17) is 14.2 Å². The van der Waals surface area contributed by atoms with Crippen LogP contribution in [-0.2, 0) is 17.8 Å². The van der Waals surface area contributed by atoms with E-state index in [-0.39, 0.29) is 47.1 Å². The zero-order chi connectivity index (χ0) is 28.8.